The normalized spacial score (nSPS) is 20.6. The Morgan fingerprint density at radius 1 is 0.850 bits per heavy atom. The van der Waals surface area contributed by atoms with E-state index in [0.29, 0.717) is 24.7 Å². The first-order chi connectivity index (χ1) is 19.2. The number of benzene rings is 3. The van der Waals surface area contributed by atoms with Gasteiger partial charge < -0.3 is 9.47 Å². The molecule has 5 rings (SSSR count). The molecule has 1 aliphatic carbocycles. The number of aryl methyl sites for hydroxylation is 1. The van der Waals surface area contributed by atoms with Crippen LogP contribution in [0.25, 0.3) is 11.1 Å². The van der Waals surface area contributed by atoms with Crippen LogP contribution in [0.15, 0.2) is 78.9 Å². The van der Waals surface area contributed by atoms with E-state index in [1.165, 1.54) is 5.56 Å². The fourth-order valence-electron chi connectivity index (χ4n) is 6.03. The SMILES string of the molecule is CC(C)(C)OC(=O)CCc1ccc(CN2C[C@H]3C[C@H](OC(=O)Nc4ccccc4-c4ccccc4)C[C@H]3C2)cc1. The van der Waals surface area contributed by atoms with Crippen LogP contribution in [0, 0.1) is 11.8 Å². The molecule has 1 amide bonds. The van der Waals surface area contributed by atoms with Gasteiger partial charge in [0.15, 0.2) is 0 Å². The topological polar surface area (TPSA) is 67.9 Å². The van der Waals surface area contributed by atoms with Gasteiger partial charge in [0.05, 0.1) is 5.69 Å². The lowest BCUT2D eigenvalue weighted by atomic mass is 10.0. The Kier molecular flexibility index (Phi) is 8.55. The second-order valence-electron chi connectivity index (χ2n) is 12.2. The van der Waals surface area contributed by atoms with Gasteiger partial charge in [0.1, 0.15) is 11.7 Å². The first-order valence-electron chi connectivity index (χ1n) is 14.4. The Morgan fingerprint density at radius 3 is 2.15 bits per heavy atom. The summed E-state index contributed by atoms with van der Waals surface area (Å²) in [4.78, 5) is 27.3. The highest BCUT2D eigenvalue weighted by atomic mass is 16.6. The highest BCUT2D eigenvalue weighted by Gasteiger charge is 2.42. The zero-order chi connectivity index (χ0) is 28.1. The molecule has 6 heteroatoms. The zero-order valence-electron chi connectivity index (χ0n) is 23.8. The van der Waals surface area contributed by atoms with E-state index in [9.17, 15) is 9.59 Å². The summed E-state index contributed by atoms with van der Waals surface area (Å²) in [6, 6.07) is 26.5. The molecule has 210 valence electrons. The van der Waals surface area contributed by atoms with E-state index in [0.717, 1.165) is 54.9 Å². The number of para-hydroxylation sites is 1. The summed E-state index contributed by atoms with van der Waals surface area (Å²) in [6.45, 7) is 8.66. The van der Waals surface area contributed by atoms with Gasteiger partial charge in [-0.05, 0) is 74.6 Å². The lowest BCUT2D eigenvalue weighted by Gasteiger charge is -2.20. The largest absolute Gasteiger partial charge is 0.460 e. The summed E-state index contributed by atoms with van der Waals surface area (Å²) in [5, 5.41) is 2.98. The van der Waals surface area contributed by atoms with Crippen molar-refractivity contribution in [3.63, 3.8) is 0 Å². The van der Waals surface area contributed by atoms with Gasteiger partial charge >= 0.3 is 12.1 Å². The molecule has 0 bridgehead atoms. The molecule has 1 heterocycles. The fourth-order valence-corrected chi connectivity index (χ4v) is 6.03. The van der Waals surface area contributed by atoms with E-state index in [2.05, 4.69) is 34.5 Å². The van der Waals surface area contributed by atoms with Crippen LogP contribution in [-0.4, -0.2) is 41.8 Å². The van der Waals surface area contributed by atoms with Crippen molar-refractivity contribution in [2.75, 3.05) is 18.4 Å². The van der Waals surface area contributed by atoms with E-state index in [-0.39, 0.29) is 18.2 Å². The summed E-state index contributed by atoms with van der Waals surface area (Å²) < 4.78 is 11.3. The molecule has 6 nitrogen and oxygen atoms in total. The molecular formula is C34H40N2O4. The number of rotatable bonds is 8. The summed E-state index contributed by atoms with van der Waals surface area (Å²) >= 11 is 0. The number of hydrogen-bond acceptors (Lipinski definition) is 5. The maximum absolute atomic E-state index is 12.8. The molecule has 3 atom stereocenters. The van der Waals surface area contributed by atoms with Crippen LogP contribution in [0.4, 0.5) is 10.5 Å². The van der Waals surface area contributed by atoms with Crippen molar-refractivity contribution >= 4 is 17.7 Å². The lowest BCUT2D eigenvalue weighted by Crippen LogP contribution is -2.25. The molecule has 1 N–H and O–H groups in total. The Balaban J connectivity index is 1.06. The van der Waals surface area contributed by atoms with Gasteiger partial charge in [-0.2, -0.15) is 0 Å². The smallest absolute Gasteiger partial charge is 0.411 e. The quantitative estimate of drug-likeness (QED) is 0.309. The monoisotopic (exact) mass is 540 g/mol. The number of anilines is 1. The molecule has 40 heavy (non-hydrogen) atoms. The predicted octanol–water partition coefficient (Wildman–Crippen LogP) is 7.09. The average molecular weight is 541 g/mol. The van der Waals surface area contributed by atoms with E-state index >= 15 is 0 Å². The van der Waals surface area contributed by atoms with Crippen LogP contribution in [0.5, 0.6) is 0 Å². The number of carbonyl (C=O) groups excluding carboxylic acids is 2. The third-order valence-corrected chi connectivity index (χ3v) is 7.77. The predicted molar refractivity (Wildman–Crippen MR) is 158 cm³/mol. The minimum Gasteiger partial charge on any atom is -0.460 e. The van der Waals surface area contributed by atoms with Crippen molar-refractivity contribution in [3.05, 3.63) is 90.0 Å². The zero-order valence-corrected chi connectivity index (χ0v) is 23.8. The second kappa shape index (κ2) is 12.3. The second-order valence-corrected chi connectivity index (χ2v) is 12.2. The van der Waals surface area contributed by atoms with Crippen molar-refractivity contribution < 1.29 is 19.1 Å². The number of likely N-dealkylation sites (tertiary alicyclic amines) is 1. The summed E-state index contributed by atoms with van der Waals surface area (Å²) in [6.07, 6.45) is 2.50. The van der Waals surface area contributed by atoms with E-state index in [1.54, 1.807) is 0 Å². The van der Waals surface area contributed by atoms with Crippen molar-refractivity contribution in [1.82, 2.24) is 4.90 Å². The maximum Gasteiger partial charge on any atom is 0.411 e. The Morgan fingerprint density at radius 2 is 1.48 bits per heavy atom. The number of hydrogen-bond donors (Lipinski definition) is 1. The molecule has 3 aromatic rings. The molecule has 1 saturated carbocycles. The number of amides is 1. The van der Waals surface area contributed by atoms with Gasteiger partial charge in [-0.25, -0.2) is 4.79 Å². The van der Waals surface area contributed by atoms with Crippen molar-refractivity contribution in [2.24, 2.45) is 11.8 Å². The van der Waals surface area contributed by atoms with Crippen molar-refractivity contribution in [1.29, 1.82) is 0 Å². The first kappa shape index (κ1) is 27.9. The van der Waals surface area contributed by atoms with Gasteiger partial charge in [-0.3, -0.25) is 15.0 Å². The molecular weight excluding hydrogens is 500 g/mol. The van der Waals surface area contributed by atoms with E-state index < -0.39 is 5.60 Å². The van der Waals surface area contributed by atoms with Crippen LogP contribution in [0.1, 0.15) is 51.2 Å². The molecule has 3 aromatic carbocycles. The number of nitrogens with zero attached hydrogens (tertiary/aromatic N) is 1. The number of ether oxygens (including phenoxy) is 2. The average Bonchev–Trinajstić information content (AvgIpc) is 3.46. The van der Waals surface area contributed by atoms with Gasteiger partial charge in [0.2, 0.25) is 0 Å². The van der Waals surface area contributed by atoms with E-state index in [4.69, 9.17) is 9.47 Å². The lowest BCUT2D eigenvalue weighted by molar-refractivity contribution is -0.154. The van der Waals surface area contributed by atoms with Crippen LogP contribution in [0.3, 0.4) is 0 Å². The highest BCUT2D eigenvalue weighted by molar-refractivity contribution is 5.91. The van der Waals surface area contributed by atoms with Crippen LogP contribution >= 0.6 is 0 Å². The Bertz CT molecular complexity index is 1290. The minimum atomic E-state index is -0.442. The standard InChI is InChI=1S/C34H40N2O4/c1-34(2,3)40-32(37)18-17-24-13-15-25(16-14-24)21-36-22-27-19-29(20-28(27)23-36)39-33(38)35-31-12-8-7-11-30(31)26-9-5-4-6-10-26/h4-16,27-29H,17-23H2,1-3H3,(H,35,38)/t27-,28+,29+. The molecule has 2 fully saturated rings. The van der Waals surface area contributed by atoms with Gasteiger partial charge in [-0.1, -0.05) is 72.8 Å². The van der Waals surface area contributed by atoms with Crippen LogP contribution < -0.4 is 5.32 Å². The fraction of sp³-hybridized carbons (Fsp3) is 0.412. The maximum atomic E-state index is 12.8. The van der Waals surface area contributed by atoms with Crippen LogP contribution in [-0.2, 0) is 27.2 Å². The van der Waals surface area contributed by atoms with Gasteiger partial charge in [0.25, 0.3) is 0 Å². The van der Waals surface area contributed by atoms with E-state index in [1.807, 2.05) is 75.4 Å². The van der Waals surface area contributed by atoms with Crippen LogP contribution in [0.2, 0.25) is 0 Å². The molecule has 0 unspecified atom stereocenters. The van der Waals surface area contributed by atoms with Gasteiger partial charge in [0, 0.05) is 31.6 Å². The highest BCUT2D eigenvalue weighted by Crippen LogP contribution is 2.40. The van der Waals surface area contributed by atoms with Crippen molar-refractivity contribution in [3.8, 4) is 11.1 Å². The molecule has 1 saturated heterocycles. The first-order valence-corrected chi connectivity index (χ1v) is 14.4. The number of esters is 1. The van der Waals surface area contributed by atoms with Crippen molar-refractivity contribution in [2.45, 2.75) is 64.7 Å². The Hall–Kier alpha value is -3.64. The minimum absolute atomic E-state index is 0.0368. The molecule has 0 aromatic heterocycles. The molecule has 2 aliphatic rings. The number of nitrogens with one attached hydrogen (secondary N) is 1. The molecule has 0 spiro atoms. The number of carbonyl (C=O) groups is 2. The third kappa shape index (κ3) is 7.51. The third-order valence-electron chi connectivity index (χ3n) is 7.77. The summed E-state index contributed by atoms with van der Waals surface area (Å²) in [5.74, 6) is 0.960. The van der Waals surface area contributed by atoms with Gasteiger partial charge in [-0.15, -0.1) is 0 Å². The Labute approximate surface area is 237 Å². The molecule has 1 aliphatic heterocycles. The summed E-state index contributed by atoms with van der Waals surface area (Å²) in [5.41, 5.74) is 4.79. The number of fused-ring (bicyclic) bond motifs is 1. The molecule has 0 radical (unpaired) electrons. The summed E-state index contributed by atoms with van der Waals surface area (Å²) in [7, 11) is 0.